The van der Waals surface area contributed by atoms with Gasteiger partial charge in [0.05, 0.1) is 17.7 Å². The molecule has 0 atom stereocenters. The van der Waals surface area contributed by atoms with Gasteiger partial charge in [0, 0.05) is 19.2 Å². The van der Waals surface area contributed by atoms with Gasteiger partial charge in [0.2, 0.25) is 0 Å². The average molecular weight is 360 g/mol. The number of rotatable bonds is 8. The summed E-state index contributed by atoms with van der Waals surface area (Å²) in [6, 6.07) is 4.08. The molecule has 0 fully saturated rings. The molecule has 1 rings (SSSR count). The molecule has 21 heavy (non-hydrogen) atoms. The first-order valence-electron chi connectivity index (χ1n) is 7.19. The number of nitrogens with one attached hydrogen (secondary N) is 1. The Balaban J connectivity index is 2.89. The van der Waals surface area contributed by atoms with Crippen molar-refractivity contribution in [2.24, 2.45) is 0 Å². The van der Waals surface area contributed by atoms with Crippen molar-refractivity contribution in [1.29, 1.82) is 0 Å². The number of hydrogen-bond donors (Lipinski definition) is 1. The van der Waals surface area contributed by atoms with Gasteiger partial charge in [-0.05, 0) is 61.3 Å². The minimum absolute atomic E-state index is 0.0753. The van der Waals surface area contributed by atoms with Gasteiger partial charge >= 0.3 is 0 Å². The molecule has 120 valence electrons. The van der Waals surface area contributed by atoms with E-state index < -0.39 is 0 Å². The molecule has 1 aromatic carbocycles. The van der Waals surface area contributed by atoms with Crippen LogP contribution in [-0.4, -0.2) is 32.5 Å². The summed E-state index contributed by atoms with van der Waals surface area (Å²) in [7, 11) is 1.66. The maximum Gasteiger partial charge on any atom is 0.175 e. The van der Waals surface area contributed by atoms with Crippen LogP contribution in [0.1, 0.15) is 33.3 Å². The normalized spacial score (nSPS) is 11.5. The van der Waals surface area contributed by atoms with Gasteiger partial charge in [0.1, 0.15) is 6.61 Å². The minimum Gasteiger partial charge on any atom is -0.490 e. The lowest BCUT2D eigenvalue weighted by Crippen LogP contribution is -2.35. The predicted molar refractivity (Wildman–Crippen MR) is 89.3 cm³/mol. The summed E-state index contributed by atoms with van der Waals surface area (Å²) in [4.78, 5) is 0. The van der Waals surface area contributed by atoms with Gasteiger partial charge in [0.25, 0.3) is 0 Å². The molecular weight excluding hydrogens is 334 g/mol. The van der Waals surface area contributed by atoms with Crippen LogP contribution in [0.5, 0.6) is 11.5 Å². The van der Waals surface area contributed by atoms with Crippen LogP contribution in [0.2, 0.25) is 0 Å². The first-order chi connectivity index (χ1) is 9.87. The molecule has 4 nitrogen and oxygen atoms in total. The standard InChI is InChI=1S/C16H26BrNO3/c1-6-20-14-10-12(11-18-16(2,3)4)9-13(17)15(14)21-8-7-19-5/h9-10,18H,6-8,11H2,1-5H3. The van der Waals surface area contributed by atoms with E-state index in [0.717, 1.165) is 28.1 Å². The molecule has 0 aliphatic rings. The van der Waals surface area contributed by atoms with Crippen molar-refractivity contribution < 1.29 is 14.2 Å². The molecule has 0 unspecified atom stereocenters. The SMILES string of the molecule is CCOc1cc(CNC(C)(C)C)cc(Br)c1OCCOC. The molecule has 1 aromatic rings. The number of ether oxygens (including phenoxy) is 3. The molecule has 0 saturated carbocycles. The van der Waals surface area contributed by atoms with Gasteiger partial charge in [-0.25, -0.2) is 0 Å². The van der Waals surface area contributed by atoms with E-state index in [9.17, 15) is 0 Å². The lowest BCUT2D eigenvalue weighted by atomic mass is 10.1. The van der Waals surface area contributed by atoms with E-state index in [1.165, 1.54) is 0 Å². The van der Waals surface area contributed by atoms with Gasteiger partial charge in [-0.15, -0.1) is 0 Å². The van der Waals surface area contributed by atoms with Gasteiger partial charge < -0.3 is 19.5 Å². The zero-order chi connectivity index (χ0) is 15.9. The van der Waals surface area contributed by atoms with Crippen LogP contribution in [0.15, 0.2) is 16.6 Å². The van der Waals surface area contributed by atoms with E-state index in [1.807, 2.05) is 13.0 Å². The molecule has 0 heterocycles. The molecule has 1 N–H and O–H groups in total. The fourth-order valence-electron chi connectivity index (χ4n) is 1.72. The summed E-state index contributed by atoms with van der Waals surface area (Å²) in [5, 5.41) is 3.47. The van der Waals surface area contributed by atoms with Crippen molar-refractivity contribution in [2.45, 2.75) is 39.8 Å². The summed E-state index contributed by atoms with van der Waals surface area (Å²) in [5.74, 6) is 1.49. The minimum atomic E-state index is 0.0753. The monoisotopic (exact) mass is 359 g/mol. The van der Waals surface area contributed by atoms with Crippen molar-refractivity contribution in [3.63, 3.8) is 0 Å². The van der Waals surface area contributed by atoms with E-state index in [1.54, 1.807) is 7.11 Å². The summed E-state index contributed by atoms with van der Waals surface area (Å²) in [5.41, 5.74) is 1.23. The molecule has 0 aliphatic carbocycles. The topological polar surface area (TPSA) is 39.7 Å². The molecule has 0 saturated heterocycles. The van der Waals surface area contributed by atoms with E-state index in [-0.39, 0.29) is 5.54 Å². The smallest absolute Gasteiger partial charge is 0.175 e. The number of halogens is 1. The van der Waals surface area contributed by atoms with Crippen LogP contribution in [-0.2, 0) is 11.3 Å². The Hall–Kier alpha value is -0.780. The first-order valence-corrected chi connectivity index (χ1v) is 7.98. The molecule has 0 aliphatic heterocycles. The molecule has 0 bridgehead atoms. The highest BCUT2D eigenvalue weighted by atomic mass is 79.9. The van der Waals surface area contributed by atoms with Crippen LogP contribution in [0.3, 0.4) is 0 Å². The van der Waals surface area contributed by atoms with Crippen LogP contribution in [0.25, 0.3) is 0 Å². The highest BCUT2D eigenvalue weighted by Crippen LogP contribution is 2.37. The Morgan fingerprint density at radius 3 is 2.43 bits per heavy atom. The Morgan fingerprint density at radius 1 is 1.14 bits per heavy atom. The van der Waals surface area contributed by atoms with Crippen LogP contribution >= 0.6 is 15.9 Å². The third-order valence-corrected chi connectivity index (χ3v) is 3.31. The summed E-state index contributed by atoms with van der Waals surface area (Å²) in [6.45, 7) is 10.8. The summed E-state index contributed by atoms with van der Waals surface area (Å²) < 4.78 is 17.4. The molecule has 0 radical (unpaired) electrons. The van der Waals surface area contributed by atoms with E-state index in [4.69, 9.17) is 14.2 Å². The molecule has 0 spiro atoms. The molecule has 0 amide bonds. The Labute approximate surface area is 136 Å². The fourth-order valence-corrected chi connectivity index (χ4v) is 2.32. The maximum atomic E-state index is 5.74. The van der Waals surface area contributed by atoms with Crippen LogP contribution in [0.4, 0.5) is 0 Å². The van der Waals surface area contributed by atoms with Crippen LogP contribution in [0, 0.1) is 0 Å². The van der Waals surface area contributed by atoms with Crippen molar-refractivity contribution >= 4 is 15.9 Å². The Morgan fingerprint density at radius 2 is 1.86 bits per heavy atom. The molecule has 5 heteroatoms. The number of benzene rings is 1. The molecular formula is C16H26BrNO3. The van der Waals surface area contributed by atoms with Crippen molar-refractivity contribution in [1.82, 2.24) is 5.32 Å². The lowest BCUT2D eigenvalue weighted by molar-refractivity contribution is 0.143. The van der Waals surface area contributed by atoms with Gasteiger partial charge in [-0.1, -0.05) is 0 Å². The molecule has 0 aromatic heterocycles. The van der Waals surface area contributed by atoms with E-state index in [2.05, 4.69) is 48.1 Å². The maximum absolute atomic E-state index is 5.74. The Kier molecular flexibility index (Phi) is 7.49. The highest BCUT2D eigenvalue weighted by Gasteiger charge is 2.14. The van der Waals surface area contributed by atoms with Crippen molar-refractivity contribution in [3.05, 3.63) is 22.2 Å². The second kappa shape index (κ2) is 8.61. The largest absolute Gasteiger partial charge is 0.490 e. The van der Waals surface area contributed by atoms with E-state index >= 15 is 0 Å². The highest BCUT2D eigenvalue weighted by molar-refractivity contribution is 9.10. The van der Waals surface area contributed by atoms with Crippen molar-refractivity contribution in [2.75, 3.05) is 26.9 Å². The Bertz CT molecular complexity index is 444. The second-order valence-electron chi connectivity index (χ2n) is 5.78. The second-order valence-corrected chi connectivity index (χ2v) is 6.64. The zero-order valence-electron chi connectivity index (χ0n) is 13.6. The average Bonchev–Trinajstić information content (AvgIpc) is 2.39. The fraction of sp³-hybridized carbons (Fsp3) is 0.625. The van der Waals surface area contributed by atoms with Gasteiger partial charge in [0.15, 0.2) is 11.5 Å². The number of methoxy groups -OCH3 is 1. The third kappa shape index (κ3) is 6.68. The third-order valence-electron chi connectivity index (χ3n) is 2.73. The lowest BCUT2D eigenvalue weighted by Gasteiger charge is -2.21. The quantitative estimate of drug-likeness (QED) is 0.717. The summed E-state index contributed by atoms with van der Waals surface area (Å²) >= 11 is 3.57. The summed E-state index contributed by atoms with van der Waals surface area (Å²) in [6.07, 6.45) is 0. The zero-order valence-corrected chi connectivity index (χ0v) is 15.2. The number of hydrogen-bond acceptors (Lipinski definition) is 4. The van der Waals surface area contributed by atoms with E-state index in [0.29, 0.717) is 19.8 Å². The van der Waals surface area contributed by atoms with Crippen molar-refractivity contribution in [3.8, 4) is 11.5 Å². The first kappa shape index (κ1) is 18.3. The van der Waals surface area contributed by atoms with Gasteiger partial charge in [-0.2, -0.15) is 0 Å². The van der Waals surface area contributed by atoms with Crippen LogP contribution < -0.4 is 14.8 Å². The predicted octanol–water partition coefficient (Wildman–Crippen LogP) is 3.76. The van der Waals surface area contributed by atoms with Gasteiger partial charge in [-0.3, -0.25) is 0 Å².